The van der Waals surface area contributed by atoms with Crippen LogP contribution in [0.5, 0.6) is 5.75 Å². The average Bonchev–Trinajstić information content (AvgIpc) is 3.23. The van der Waals surface area contributed by atoms with Crippen LogP contribution in [0.25, 0.3) is 22.3 Å². The summed E-state index contributed by atoms with van der Waals surface area (Å²) < 4.78 is 6.03. The molecule has 0 aliphatic heterocycles. The van der Waals surface area contributed by atoms with Gasteiger partial charge in [0, 0.05) is 0 Å². The van der Waals surface area contributed by atoms with Crippen LogP contribution < -0.4 is 4.52 Å². The second-order valence-electron chi connectivity index (χ2n) is 17.5. The molecule has 0 unspecified atom stereocenters. The molecule has 3 nitrogen and oxygen atoms in total. The van der Waals surface area contributed by atoms with Crippen molar-refractivity contribution in [2.45, 2.75) is 233 Å². The number of aryl methyl sites for hydroxylation is 2. The molecule has 2 N–H and O–H groups in total. The third-order valence-electron chi connectivity index (χ3n) is 12.4. The van der Waals surface area contributed by atoms with Gasteiger partial charge in [0.1, 0.15) is 5.75 Å². The Labute approximate surface area is 359 Å². The first-order valence-corrected chi connectivity index (χ1v) is 25.9. The van der Waals surface area contributed by atoms with Crippen LogP contribution >= 0.6 is 8.60 Å². The van der Waals surface area contributed by atoms with Gasteiger partial charge in [-0.25, -0.2) is 0 Å². The Hall–Kier alpha value is -2.19. The first-order chi connectivity index (χ1) is 28.5. The molecule has 0 spiro atoms. The minimum absolute atomic E-state index is 0.668. The SMILES string of the molecule is CCCCCCCCCc1ccc(-c2cc(OP(O)O)c(CCCCCCCCC)c(CCCCCCCCC)c2-c2ccc(CCCCCCCCC)cc2)cc1. The predicted octanol–water partition coefficient (Wildman–Crippen LogP) is 17.8. The molecular formula is C54H87O3P. The lowest BCUT2D eigenvalue weighted by Crippen LogP contribution is -2.05. The van der Waals surface area contributed by atoms with Crippen LogP contribution in [0.4, 0.5) is 0 Å². The zero-order valence-corrected chi connectivity index (χ0v) is 39.0. The summed E-state index contributed by atoms with van der Waals surface area (Å²) in [6, 6.07) is 20.9. The summed E-state index contributed by atoms with van der Waals surface area (Å²) in [6.07, 6.45) is 40.4. The molecule has 0 aliphatic rings. The van der Waals surface area contributed by atoms with E-state index in [4.69, 9.17) is 4.52 Å². The maximum Gasteiger partial charge on any atom is 0.391 e. The van der Waals surface area contributed by atoms with E-state index in [2.05, 4.69) is 82.3 Å². The van der Waals surface area contributed by atoms with Crippen LogP contribution in [0, 0.1) is 0 Å². The summed E-state index contributed by atoms with van der Waals surface area (Å²) in [4.78, 5) is 20.7. The van der Waals surface area contributed by atoms with Crippen molar-refractivity contribution < 1.29 is 14.3 Å². The quantitative estimate of drug-likeness (QED) is 0.0454. The monoisotopic (exact) mass is 815 g/mol. The van der Waals surface area contributed by atoms with Gasteiger partial charge in [-0.2, -0.15) is 0 Å². The summed E-state index contributed by atoms with van der Waals surface area (Å²) in [5.74, 6) is 0.668. The molecule has 4 heteroatoms. The smallest absolute Gasteiger partial charge is 0.391 e. The second-order valence-corrected chi connectivity index (χ2v) is 18.2. The Morgan fingerprint density at radius 3 is 1.09 bits per heavy atom. The third-order valence-corrected chi connectivity index (χ3v) is 12.8. The molecule has 0 bridgehead atoms. The number of hydrogen-bond donors (Lipinski definition) is 2. The second kappa shape index (κ2) is 32.6. The maximum absolute atomic E-state index is 10.3. The Balaban J connectivity index is 2.00. The molecule has 0 heterocycles. The van der Waals surface area contributed by atoms with E-state index in [1.165, 1.54) is 206 Å². The van der Waals surface area contributed by atoms with Crippen molar-refractivity contribution in [1.82, 2.24) is 0 Å². The van der Waals surface area contributed by atoms with E-state index in [1.807, 2.05) is 0 Å². The van der Waals surface area contributed by atoms with E-state index in [-0.39, 0.29) is 0 Å². The molecule has 3 rings (SSSR count). The van der Waals surface area contributed by atoms with Crippen LogP contribution in [-0.4, -0.2) is 9.79 Å². The summed E-state index contributed by atoms with van der Waals surface area (Å²) in [6.45, 7) is 9.15. The van der Waals surface area contributed by atoms with Gasteiger partial charge in [0.25, 0.3) is 0 Å². The van der Waals surface area contributed by atoms with Gasteiger partial charge in [-0.1, -0.05) is 230 Å². The average molecular weight is 815 g/mol. The highest BCUT2D eigenvalue weighted by molar-refractivity contribution is 7.39. The van der Waals surface area contributed by atoms with Crippen molar-refractivity contribution in [1.29, 1.82) is 0 Å². The molecule has 0 aromatic heterocycles. The molecule has 326 valence electrons. The van der Waals surface area contributed by atoms with E-state index < -0.39 is 8.60 Å². The molecular weight excluding hydrogens is 728 g/mol. The minimum Gasteiger partial charge on any atom is -0.427 e. The number of hydrogen-bond acceptors (Lipinski definition) is 3. The van der Waals surface area contributed by atoms with Crippen LogP contribution in [-0.2, 0) is 25.7 Å². The number of rotatable bonds is 36. The van der Waals surface area contributed by atoms with Gasteiger partial charge in [0.15, 0.2) is 0 Å². The normalized spacial score (nSPS) is 11.6. The Morgan fingerprint density at radius 1 is 0.379 bits per heavy atom. The largest absolute Gasteiger partial charge is 0.427 e. The fraction of sp³-hybridized carbons (Fsp3) is 0.667. The Kier molecular flexibility index (Phi) is 28.2. The summed E-state index contributed by atoms with van der Waals surface area (Å²) in [5.41, 5.74) is 10.3. The van der Waals surface area contributed by atoms with Gasteiger partial charge in [-0.3, -0.25) is 0 Å². The molecule has 0 fully saturated rings. The van der Waals surface area contributed by atoms with E-state index >= 15 is 0 Å². The summed E-state index contributed by atoms with van der Waals surface area (Å²) in [7, 11) is -2.54. The van der Waals surface area contributed by atoms with Crippen molar-refractivity contribution in [2.75, 3.05) is 0 Å². The fourth-order valence-corrected chi connectivity index (χ4v) is 9.15. The first kappa shape index (κ1) is 50.2. The highest BCUT2D eigenvalue weighted by Gasteiger charge is 2.23. The standard InChI is InChI=1S/C54H87O3P/c1-5-9-13-17-21-25-29-33-46-37-41-48(42-38-46)52-45-53(57-58(55)56)50(35-31-27-23-19-15-11-7-3)51(36-32-28-24-20-16-12-8-4)54(52)49-43-39-47(40-44-49)34-30-26-22-18-14-10-6-2/h37-45,55-56H,5-36H2,1-4H3. The third kappa shape index (κ3) is 20.4. The molecule has 3 aromatic rings. The molecule has 58 heavy (non-hydrogen) atoms. The first-order valence-electron chi connectivity index (χ1n) is 24.7. The molecule has 3 aromatic carbocycles. The lowest BCUT2D eigenvalue weighted by Gasteiger charge is -2.24. The van der Waals surface area contributed by atoms with Crippen LogP contribution in [0.2, 0.25) is 0 Å². The topological polar surface area (TPSA) is 49.7 Å². The zero-order valence-electron chi connectivity index (χ0n) is 38.1. The van der Waals surface area contributed by atoms with E-state index in [0.29, 0.717) is 5.75 Å². The molecule has 0 radical (unpaired) electrons. The van der Waals surface area contributed by atoms with Crippen molar-refractivity contribution in [3.05, 3.63) is 76.9 Å². The Morgan fingerprint density at radius 2 is 0.707 bits per heavy atom. The fourth-order valence-electron chi connectivity index (χ4n) is 8.81. The van der Waals surface area contributed by atoms with Crippen molar-refractivity contribution in [2.24, 2.45) is 0 Å². The van der Waals surface area contributed by atoms with Gasteiger partial charge in [-0.15, -0.1) is 0 Å². The molecule has 0 aliphatic carbocycles. The molecule has 0 saturated heterocycles. The molecule has 0 atom stereocenters. The van der Waals surface area contributed by atoms with Crippen LogP contribution in [0.3, 0.4) is 0 Å². The minimum atomic E-state index is -2.54. The van der Waals surface area contributed by atoms with E-state index in [1.54, 1.807) is 0 Å². The lowest BCUT2D eigenvalue weighted by atomic mass is 9.83. The van der Waals surface area contributed by atoms with Gasteiger partial charge >= 0.3 is 8.60 Å². The van der Waals surface area contributed by atoms with Crippen molar-refractivity contribution in [3.8, 4) is 28.0 Å². The zero-order chi connectivity index (χ0) is 41.5. The number of benzene rings is 3. The van der Waals surface area contributed by atoms with Gasteiger partial charge < -0.3 is 14.3 Å². The number of unbranched alkanes of at least 4 members (excludes halogenated alkanes) is 24. The van der Waals surface area contributed by atoms with Crippen molar-refractivity contribution >= 4 is 8.60 Å². The highest BCUT2D eigenvalue weighted by Crippen LogP contribution is 2.45. The predicted molar refractivity (Wildman–Crippen MR) is 256 cm³/mol. The van der Waals surface area contributed by atoms with Gasteiger partial charge in [0.2, 0.25) is 0 Å². The van der Waals surface area contributed by atoms with E-state index in [0.717, 1.165) is 44.1 Å². The van der Waals surface area contributed by atoms with Crippen LogP contribution in [0.15, 0.2) is 54.6 Å². The van der Waals surface area contributed by atoms with Gasteiger partial charge in [0.05, 0.1) is 0 Å². The highest BCUT2D eigenvalue weighted by atomic mass is 31.2. The van der Waals surface area contributed by atoms with Crippen molar-refractivity contribution in [3.63, 3.8) is 0 Å². The summed E-state index contributed by atoms with van der Waals surface area (Å²) >= 11 is 0. The van der Waals surface area contributed by atoms with Crippen LogP contribution in [0.1, 0.15) is 230 Å². The maximum atomic E-state index is 10.3. The summed E-state index contributed by atoms with van der Waals surface area (Å²) in [5, 5.41) is 0. The van der Waals surface area contributed by atoms with Gasteiger partial charge in [-0.05, 0) is 102 Å². The molecule has 0 saturated carbocycles. The molecule has 0 amide bonds. The lowest BCUT2D eigenvalue weighted by molar-refractivity contribution is 0.373. The van der Waals surface area contributed by atoms with E-state index in [9.17, 15) is 9.79 Å². The Bertz CT molecular complexity index is 1430.